The number of aromatic nitrogens is 2. The monoisotopic (exact) mass is 341 g/mol. The maximum Gasteiger partial charge on any atom is 0.342 e. The lowest BCUT2D eigenvalue weighted by Crippen LogP contribution is -2.34. The molecule has 0 fully saturated rings. The zero-order valence-corrected chi connectivity index (χ0v) is 13.3. The fourth-order valence-corrected chi connectivity index (χ4v) is 2.74. The van der Waals surface area contributed by atoms with E-state index in [1.165, 1.54) is 10.6 Å². The van der Waals surface area contributed by atoms with Gasteiger partial charge in [-0.25, -0.2) is 14.6 Å². The zero-order valence-electron chi connectivity index (χ0n) is 13.3. The predicted molar refractivity (Wildman–Crippen MR) is 89.8 cm³/mol. The molecule has 1 aromatic heterocycles. The minimum absolute atomic E-state index is 0.0816. The molecular weight excluding hydrogens is 326 g/mol. The third-order valence-electron chi connectivity index (χ3n) is 4.00. The van der Waals surface area contributed by atoms with Crippen molar-refractivity contribution in [3.63, 3.8) is 0 Å². The molecule has 1 atom stereocenters. The molecule has 2 aromatic rings. The van der Waals surface area contributed by atoms with E-state index >= 15 is 0 Å². The van der Waals surface area contributed by atoms with Crippen LogP contribution in [0.15, 0.2) is 41.3 Å². The summed E-state index contributed by atoms with van der Waals surface area (Å²) in [6.45, 7) is 1.79. The number of hydrogen-bond donors (Lipinski definition) is 3. The smallest absolute Gasteiger partial charge is 0.342 e. The fourth-order valence-electron chi connectivity index (χ4n) is 2.74. The normalized spacial score (nSPS) is 15.9. The molecule has 25 heavy (non-hydrogen) atoms. The van der Waals surface area contributed by atoms with Crippen molar-refractivity contribution >= 4 is 23.3 Å². The first-order valence-corrected chi connectivity index (χ1v) is 7.55. The van der Waals surface area contributed by atoms with Crippen molar-refractivity contribution in [1.29, 1.82) is 0 Å². The van der Waals surface area contributed by atoms with Gasteiger partial charge in [0.15, 0.2) is 5.82 Å². The minimum atomic E-state index is -1.33. The van der Waals surface area contributed by atoms with E-state index in [9.17, 15) is 19.5 Å². The molecule has 0 spiro atoms. The minimum Gasteiger partial charge on any atom is -0.478 e. The van der Waals surface area contributed by atoms with Crippen LogP contribution >= 0.6 is 0 Å². The van der Waals surface area contributed by atoms with Gasteiger partial charge in [0, 0.05) is 12.2 Å². The van der Waals surface area contributed by atoms with Crippen molar-refractivity contribution < 1.29 is 19.8 Å². The lowest BCUT2D eigenvalue weighted by Gasteiger charge is -2.25. The Morgan fingerprint density at radius 2 is 1.88 bits per heavy atom. The molecule has 3 N–H and O–H groups in total. The van der Waals surface area contributed by atoms with Crippen molar-refractivity contribution in [2.75, 3.05) is 5.32 Å². The number of carbonyl (C=O) groups is 2. The maximum atomic E-state index is 12.4. The highest BCUT2D eigenvalue weighted by atomic mass is 16.4. The van der Waals surface area contributed by atoms with Crippen LogP contribution in [0.2, 0.25) is 0 Å². The summed E-state index contributed by atoms with van der Waals surface area (Å²) < 4.78 is 1.31. The van der Waals surface area contributed by atoms with Gasteiger partial charge in [-0.2, -0.15) is 0 Å². The molecule has 1 aliphatic heterocycles. The average molecular weight is 341 g/mol. The van der Waals surface area contributed by atoms with E-state index in [0.717, 1.165) is 6.20 Å². The van der Waals surface area contributed by atoms with E-state index in [0.29, 0.717) is 17.8 Å². The first-order valence-electron chi connectivity index (χ1n) is 7.55. The number of rotatable bonds is 4. The molecular formula is C17H15N3O5. The maximum absolute atomic E-state index is 12.4. The Kier molecular flexibility index (Phi) is 4.10. The molecule has 0 aliphatic carbocycles. The summed E-state index contributed by atoms with van der Waals surface area (Å²) in [5, 5.41) is 21.4. The van der Waals surface area contributed by atoms with E-state index < -0.39 is 23.1 Å². The van der Waals surface area contributed by atoms with Gasteiger partial charge in [0.1, 0.15) is 5.56 Å². The molecule has 0 radical (unpaired) electrons. The highest BCUT2D eigenvalue weighted by molar-refractivity contribution is 5.96. The molecule has 128 valence electrons. The molecule has 1 unspecified atom stereocenters. The molecule has 0 bridgehead atoms. The number of anilines is 1. The summed E-state index contributed by atoms with van der Waals surface area (Å²) >= 11 is 0. The largest absolute Gasteiger partial charge is 0.478 e. The van der Waals surface area contributed by atoms with Gasteiger partial charge >= 0.3 is 11.9 Å². The molecule has 0 saturated heterocycles. The molecule has 1 aromatic carbocycles. The Hall–Kier alpha value is -3.42. The van der Waals surface area contributed by atoms with Crippen molar-refractivity contribution in [3.8, 4) is 0 Å². The Morgan fingerprint density at radius 1 is 1.20 bits per heavy atom. The van der Waals surface area contributed by atoms with Crippen LogP contribution in [0.5, 0.6) is 0 Å². The summed E-state index contributed by atoms with van der Waals surface area (Å²) in [5.74, 6) is -2.14. The molecule has 3 rings (SSSR count). The van der Waals surface area contributed by atoms with E-state index in [-0.39, 0.29) is 17.4 Å². The molecule has 8 heteroatoms. The van der Waals surface area contributed by atoms with Gasteiger partial charge in [-0.05, 0) is 25.5 Å². The number of fused-ring (bicyclic) bond motifs is 1. The van der Waals surface area contributed by atoms with E-state index in [1.54, 1.807) is 25.1 Å². The van der Waals surface area contributed by atoms with Crippen LogP contribution in [0.1, 0.15) is 45.9 Å². The van der Waals surface area contributed by atoms with Gasteiger partial charge in [0.25, 0.3) is 5.56 Å². The second-order valence-electron chi connectivity index (χ2n) is 5.65. The highest BCUT2D eigenvalue weighted by Crippen LogP contribution is 2.27. The number of nitrogens with zero attached hydrogens (tertiary/aromatic N) is 2. The predicted octanol–water partition coefficient (Wildman–Crippen LogP) is 2.06. The van der Waals surface area contributed by atoms with Crippen LogP contribution in [0.4, 0.5) is 5.69 Å². The third-order valence-corrected chi connectivity index (χ3v) is 4.00. The quantitative estimate of drug-likeness (QED) is 0.778. The van der Waals surface area contributed by atoms with Crippen LogP contribution in [-0.4, -0.2) is 31.7 Å². The third kappa shape index (κ3) is 2.89. The first-order chi connectivity index (χ1) is 11.9. The highest BCUT2D eigenvalue weighted by Gasteiger charge is 2.24. The summed E-state index contributed by atoms with van der Waals surface area (Å²) in [5.41, 5.74) is -0.135. The van der Waals surface area contributed by atoms with Gasteiger partial charge in [-0.1, -0.05) is 18.2 Å². The molecule has 2 heterocycles. The van der Waals surface area contributed by atoms with Crippen molar-refractivity contribution in [2.45, 2.75) is 19.4 Å². The standard InChI is InChI=1S/C17H15N3O5/c1-9-6-7-13(19-12-5-3-2-4-10(12)16(22)23)14-18-8-11(17(24)25)15(21)20(9)14/h2-5,7-9,19H,6H2,1H3,(H,22,23)(H,24,25). The van der Waals surface area contributed by atoms with Crippen LogP contribution in [0, 0.1) is 0 Å². The van der Waals surface area contributed by atoms with Gasteiger partial charge in [-0.15, -0.1) is 0 Å². The number of benzene rings is 1. The Bertz CT molecular complexity index is 961. The van der Waals surface area contributed by atoms with E-state index in [2.05, 4.69) is 10.3 Å². The second-order valence-corrected chi connectivity index (χ2v) is 5.65. The van der Waals surface area contributed by atoms with Crippen LogP contribution in [-0.2, 0) is 0 Å². The number of nitrogens with one attached hydrogen (secondary N) is 1. The van der Waals surface area contributed by atoms with E-state index in [4.69, 9.17) is 5.11 Å². The first kappa shape index (κ1) is 16.4. The van der Waals surface area contributed by atoms with Crippen molar-refractivity contribution in [1.82, 2.24) is 9.55 Å². The van der Waals surface area contributed by atoms with Crippen LogP contribution < -0.4 is 10.9 Å². The number of allylic oxidation sites excluding steroid dienone is 1. The average Bonchev–Trinajstić information content (AvgIpc) is 2.57. The van der Waals surface area contributed by atoms with Crippen molar-refractivity contribution in [2.24, 2.45) is 0 Å². The summed E-state index contributed by atoms with van der Waals surface area (Å²) in [6, 6.07) is 6.12. The fraction of sp³-hybridized carbons (Fsp3) is 0.176. The number of para-hydroxylation sites is 1. The van der Waals surface area contributed by atoms with Crippen LogP contribution in [0.25, 0.3) is 5.70 Å². The lowest BCUT2D eigenvalue weighted by molar-refractivity contribution is 0.0684. The van der Waals surface area contributed by atoms with Crippen LogP contribution in [0.3, 0.4) is 0 Å². The topological polar surface area (TPSA) is 122 Å². The van der Waals surface area contributed by atoms with Gasteiger partial charge < -0.3 is 15.5 Å². The molecule has 0 amide bonds. The molecule has 1 aliphatic rings. The second kappa shape index (κ2) is 6.23. The number of aromatic carboxylic acids is 2. The Morgan fingerprint density at radius 3 is 2.56 bits per heavy atom. The number of carboxylic acids is 2. The lowest BCUT2D eigenvalue weighted by atomic mass is 10.1. The van der Waals surface area contributed by atoms with Gasteiger partial charge in [-0.3, -0.25) is 9.36 Å². The molecule has 0 saturated carbocycles. The molecule has 8 nitrogen and oxygen atoms in total. The van der Waals surface area contributed by atoms with Crippen molar-refractivity contribution in [3.05, 3.63) is 63.8 Å². The Labute approximate surface area is 142 Å². The number of carboxylic acid groups (broad SMARTS) is 2. The van der Waals surface area contributed by atoms with E-state index in [1.807, 2.05) is 6.08 Å². The number of hydrogen-bond acceptors (Lipinski definition) is 5. The Balaban J connectivity index is 2.08. The summed E-state index contributed by atoms with van der Waals surface area (Å²) in [4.78, 5) is 39.0. The SMILES string of the molecule is CC1CC=C(Nc2ccccc2C(=O)O)c2ncc(C(=O)O)c(=O)n21. The summed E-state index contributed by atoms with van der Waals surface area (Å²) in [6.07, 6.45) is 3.31. The summed E-state index contributed by atoms with van der Waals surface area (Å²) in [7, 11) is 0. The zero-order chi connectivity index (χ0) is 18.1. The van der Waals surface area contributed by atoms with Gasteiger partial charge in [0.05, 0.1) is 16.9 Å². The van der Waals surface area contributed by atoms with Gasteiger partial charge in [0.2, 0.25) is 0 Å².